The van der Waals surface area contributed by atoms with E-state index in [2.05, 4.69) is 26.8 Å². The topological polar surface area (TPSA) is 35.5 Å². The Kier molecular flexibility index (Phi) is 2.49. The number of hydrogen-bond acceptors (Lipinski definition) is 3. The van der Waals surface area contributed by atoms with Crippen molar-refractivity contribution in [3.05, 3.63) is 34.9 Å². The van der Waals surface area contributed by atoms with Crippen LogP contribution in [0.1, 0.15) is 38.3 Å². The second-order valence-corrected chi connectivity index (χ2v) is 5.83. The van der Waals surface area contributed by atoms with Gasteiger partial charge >= 0.3 is 5.97 Å². The second-order valence-electron chi connectivity index (χ2n) is 5.83. The molecular weight excluding hydrogens is 240 g/mol. The first-order valence-corrected chi connectivity index (χ1v) is 6.60. The highest BCUT2D eigenvalue weighted by Gasteiger charge is 2.46. The van der Waals surface area contributed by atoms with Gasteiger partial charge in [-0.2, -0.15) is 0 Å². The van der Waals surface area contributed by atoms with Gasteiger partial charge in [0.2, 0.25) is 0 Å². The molecule has 0 bridgehead atoms. The first-order valence-electron chi connectivity index (χ1n) is 6.60. The number of esters is 1. The quantitative estimate of drug-likeness (QED) is 0.725. The van der Waals surface area contributed by atoms with Gasteiger partial charge in [-0.15, -0.1) is 0 Å². The summed E-state index contributed by atoms with van der Waals surface area (Å²) in [5.74, 6) is 1.56. The van der Waals surface area contributed by atoms with Crippen molar-refractivity contribution in [1.82, 2.24) is 0 Å². The average molecular weight is 258 g/mol. The molecular formula is C16H18O3. The summed E-state index contributed by atoms with van der Waals surface area (Å²) in [6.07, 6.45) is 0.457. The molecule has 100 valence electrons. The minimum absolute atomic E-state index is 0.112. The molecule has 0 N–H and O–H groups in total. The van der Waals surface area contributed by atoms with Gasteiger partial charge in [0.05, 0.1) is 19.1 Å². The first-order chi connectivity index (χ1) is 8.96. The normalized spacial score (nSPS) is 23.8. The molecule has 1 aliphatic carbocycles. The van der Waals surface area contributed by atoms with Crippen molar-refractivity contribution >= 4 is 11.7 Å². The fourth-order valence-electron chi connectivity index (χ4n) is 3.47. The van der Waals surface area contributed by atoms with Crippen molar-refractivity contribution in [2.45, 2.75) is 32.6 Å². The van der Waals surface area contributed by atoms with Gasteiger partial charge in [-0.25, -0.2) is 0 Å². The van der Waals surface area contributed by atoms with E-state index < -0.39 is 0 Å². The Bertz CT molecular complexity index is 596. The fraction of sp³-hybridized carbons (Fsp3) is 0.438. The van der Waals surface area contributed by atoms with Gasteiger partial charge in [0.25, 0.3) is 0 Å². The molecule has 19 heavy (non-hydrogen) atoms. The maximum atomic E-state index is 11.7. The molecule has 1 aromatic rings. The molecule has 1 atom stereocenters. The number of hydrogen-bond donors (Lipinski definition) is 0. The molecule has 0 spiro atoms. The number of benzene rings is 1. The molecule has 3 rings (SSSR count). The SMILES string of the molecule is COc1cccc2c1C1=C(C(C)CC(=O)O1)C2(C)C. The molecule has 0 saturated carbocycles. The standard InChI is InChI=1S/C16H18O3/c1-9-8-12(17)19-15-13-10(16(2,3)14(9)15)6-5-7-11(13)18-4/h5-7,9H,8H2,1-4H3. The zero-order valence-corrected chi connectivity index (χ0v) is 11.7. The second kappa shape index (κ2) is 3.86. The van der Waals surface area contributed by atoms with Crippen molar-refractivity contribution in [3.8, 4) is 5.75 Å². The monoisotopic (exact) mass is 258 g/mol. The molecule has 1 aliphatic heterocycles. The van der Waals surface area contributed by atoms with Crippen LogP contribution in [0.4, 0.5) is 0 Å². The summed E-state index contributed by atoms with van der Waals surface area (Å²) in [4.78, 5) is 11.7. The lowest BCUT2D eigenvalue weighted by Gasteiger charge is -2.30. The van der Waals surface area contributed by atoms with Crippen LogP contribution in [0, 0.1) is 5.92 Å². The number of allylic oxidation sites excluding steroid dienone is 1. The largest absolute Gasteiger partial charge is 0.496 e. The van der Waals surface area contributed by atoms with Crippen LogP contribution in [-0.4, -0.2) is 13.1 Å². The van der Waals surface area contributed by atoms with Gasteiger partial charge in [0.15, 0.2) is 0 Å². The zero-order chi connectivity index (χ0) is 13.8. The van der Waals surface area contributed by atoms with E-state index in [1.54, 1.807) is 7.11 Å². The van der Waals surface area contributed by atoms with E-state index in [0.29, 0.717) is 6.42 Å². The summed E-state index contributed by atoms with van der Waals surface area (Å²) in [7, 11) is 1.65. The van der Waals surface area contributed by atoms with Gasteiger partial charge in [0, 0.05) is 5.41 Å². The first kappa shape index (κ1) is 12.3. The Labute approximate surface area is 113 Å². The number of rotatable bonds is 1. The zero-order valence-electron chi connectivity index (χ0n) is 11.7. The van der Waals surface area contributed by atoms with Gasteiger partial charge in [-0.1, -0.05) is 32.9 Å². The summed E-state index contributed by atoms with van der Waals surface area (Å²) >= 11 is 0. The number of methoxy groups -OCH3 is 1. The third kappa shape index (κ3) is 1.54. The molecule has 3 heteroatoms. The number of carbonyl (C=O) groups excluding carboxylic acids is 1. The minimum Gasteiger partial charge on any atom is -0.496 e. The van der Waals surface area contributed by atoms with Gasteiger partial charge in [-0.05, 0) is 23.1 Å². The molecule has 0 amide bonds. The van der Waals surface area contributed by atoms with Crippen molar-refractivity contribution in [2.24, 2.45) is 5.92 Å². The molecule has 1 aromatic carbocycles. The van der Waals surface area contributed by atoms with Crippen molar-refractivity contribution in [2.75, 3.05) is 7.11 Å². The van der Waals surface area contributed by atoms with Crippen LogP contribution in [0.15, 0.2) is 23.8 Å². The lowest BCUT2D eigenvalue weighted by Crippen LogP contribution is -2.26. The number of ether oxygens (including phenoxy) is 2. The van der Waals surface area contributed by atoms with Crippen molar-refractivity contribution < 1.29 is 14.3 Å². The van der Waals surface area contributed by atoms with Crippen LogP contribution in [0.5, 0.6) is 5.75 Å². The van der Waals surface area contributed by atoms with Crippen LogP contribution >= 0.6 is 0 Å². The fourth-order valence-corrected chi connectivity index (χ4v) is 3.47. The smallest absolute Gasteiger partial charge is 0.311 e. The highest BCUT2D eigenvalue weighted by atomic mass is 16.5. The van der Waals surface area contributed by atoms with Crippen LogP contribution in [-0.2, 0) is 14.9 Å². The summed E-state index contributed by atoms with van der Waals surface area (Å²) in [6, 6.07) is 6.00. The van der Waals surface area contributed by atoms with Gasteiger partial charge in [-0.3, -0.25) is 4.79 Å². The van der Waals surface area contributed by atoms with Crippen LogP contribution in [0.2, 0.25) is 0 Å². The lowest BCUT2D eigenvalue weighted by atomic mass is 9.75. The van der Waals surface area contributed by atoms with Gasteiger partial charge in [0.1, 0.15) is 11.5 Å². The molecule has 1 unspecified atom stereocenters. The molecule has 0 saturated heterocycles. The third-order valence-corrected chi connectivity index (χ3v) is 4.25. The highest BCUT2D eigenvalue weighted by molar-refractivity contribution is 5.89. The van der Waals surface area contributed by atoms with Crippen LogP contribution in [0.25, 0.3) is 5.76 Å². The molecule has 3 nitrogen and oxygen atoms in total. The summed E-state index contributed by atoms with van der Waals surface area (Å²) in [5.41, 5.74) is 3.23. The van der Waals surface area contributed by atoms with Gasteiger partial charge < -0.3 is 9.47 Å². The predicted molar refractivity (Wildman–Crippen MR) is 72.8 cm³/mol. The van der Waals surface area contributed by atoms with E-state index in [0.717, 1.165) is 17.1 Å². The maximum absolute atomic E-state index is 11.7. The van der Waals surface area contributed by atoms with Crippen LogP contribution in [0.3, 0.4) is 0 Å². The number of carbonyl (C=O) groups is 1. The molecule has 0 radical (unpaired) electrons. The van der Waals surface area contributed by atoms with E-state index in [-0.39, 0.29) is 17.3 Å². The third-order valence-electron chi connectivity index (χ3n) is 4.25. The summed E-state index contributed by atoms with van der Waals surface area (Å²) < 4.78 is 11.0. The van der Waals surface area contributed by atoms with E-state index in [4.69, 9.17) is 9.47 Å². The Morgan fingerprint density at radius 1 is 1.37 bits per heavy atom. The van der Waals surface area contributed by atoms with E-state index in [1.807, 2.05) is 12.1 Å². The minimum atomic E-state index is -0.152. The molecule has 0 aromatic heterocycles. The summed E-state index contributed by atoms with van der Waals surface area (Å²) in [6.45, 7) is 6.46. The Hall–Kier alpha value is -1.77. The Morgan fingerprint density at radius 3 is 2.79 bits per heavy atom. The van der Waals surface area contributed by atoms with Crippen LogP contribution < -0.4 is 4.74 Å². The molecule has 2 aliphatic rings. The van der Waals surface area contributed by atoms with E-state index >= 15 is 0 Å². The highest BCUT2D eigenvalue weighted by Crippen LogP contribution is 2.54. The number of fused-ring (bicyclic) bond motifs is 2. The maximum Gasteiger partial charge on any atom is 0.311 e. The molecule has 0 fully saturated rings. The Morgan fingerprint density at radius 2 is 2.11 bits per heavy atom. The molecule has 1 heterocycles. The predicted octanol–water partition coefficient (Wildman–Crippen LogP) is 3.28. The summed E-state index contributed by atoms with van der Waals surface area (Å²) in [5, 5.41) is 0. The van der Waals surface area contributed by atoms with Crippen molar-refractivity contribution in [3.63, 3.8) is 0 Å². The van der Waals surface area contributed by atoms with Crippen molar-refractivity contribution in [1.29, 1.82) is 0 Å². The lowest BCUT2D eigenvalue weighted by molar-refractivity contribution is -0.138. The van der Waals surface area contributed by atoms with E-state index in [9.17, 15) is 4.79 Å². The van der Waals surface area contributed by atoms with E-state index in [1.165, 1.54) is 11.1 Å². The Balaban J connectivity index is 2.30. The average Bonchev–Trinajstić information content (AvgIpc) is 2.58.